The summed E-state index contributed by atoms with van der Waals surface area (Å²) < 4.78 is 54.3. The van der Waals surface area contributed by atoms with Gasteiger partial charge in [0.25, 0.3) is 20.1 Å². The fraction of sp³-hybridized carbons (Fsp3) is 0.160. The molecule has 12 heteroatoms. The molecule has 0 fully saturated rings. The number of aliphatic carboxylic acids is 1. The van der Waals surface area contributed by atoms with Crippen molar-refractivity contribution < 1.29 is 31.3 Å². The van der Waals surface area contributed by atoms with Gasteiger partial charge in [0.05, 0.1) is 11.2 Å². The SMILES string of the molecule is Nc1cc(C#CC#CS(N)(=O)=O)cc(-c2ccc(N)cc2C#CC2=CC[C@H](S(=O)(=O)O)[C@H](C(=O)O)C2)c1. The van der Waals surface area contributed by atoms with Crippen molar-refractivity contribution in [1.29, 1.82) is 0 Å². The van der Waals surface area contributed by atoms with E-state index in [4.69, 9.17) is 16.6 Å². The van der Waals surface area contributed by atoms with Crippen molar-refractivity contribution in [2.45, 2.75) is 18.1 Å². The second-order valence-electron chi connectivity index (χ2n) is 8.09. The summed E-state index contributed by atoms with van der Waals surface area (Å²) >= 11 is 0. The number of allylic oxidation sites excluding steroid dienone is 2. The van der Waals surface area contributed by atoms with Crippen LogP contribution in [-0.2, 0) is 24.9 Å². The van der Waals surface area contributed by atoms with E-state index in [2.05, 4.69) is 29.6 Å². The second kappa shape index (κ2) is 10.8. The molecule has 0 spiro atoms. The third kappa shape index (κ3) is 7.61. The largest absolute Gasteiger partial charge is 0.481 e. The summed E-state index contributed by atoms with van der Waals surface area (Å²) in [5.41, 5.74) is 15.4. The summed E-state index contributed by atoms with van der Waals surface area (Å²) in [5, 5.41) is 14.6. The van der Waals surface area contributed by atoms with Crippen LogP contribution in [0.1, 0.15) is 24.0 Å². The summed E-state index contributed by atoms with van der Waals surface area (Å²) in [6.45, 7) is 0. The van der Waals surface area contributed by atoms with Crippen molar-refractivity contribution in [3.8, 4) is 46.0 Å². The fourth-order valence-electron chi connectivity index (χ4n) is 3.70. The number of sulfonamides is 1. The summed E-state index contributed by atoms with van der Waals surface area (Å²) in [4.78, 5) is 11.6. The van der Waals surface area contributed by atoms with E-state index in [1.807, 2.05) is 5.25 Å². The van der Waals surface area contributed by atoms with E-state index in [9.17, 15) is 31.3 Å². The van der Waals surface area contributed by atoms with E-state index >= 15 is 0 Å². The Hall–Kier alpha value is -4.25. The van der Waals surface area contributed by atoms with E-state index in [0.717, 1.165) is 0 Å². The standard InChI is InChI=1S/C25H21N3O7S2/c26-20-7-8-22(19-11-17(12-21(27)15-19)3-1-2-10-36(28,31)32)18(14-20)6-4-16-5-9-24(37(33,34)35)23(13-16)25(29)30/h5,7-8,11-12,14-15,23-24H,9,13,26-27H2,(H,29,30)(H2,28,31,32)(H,33,34,35)/t23-,24+/m1/s1. The number of carboxylic acid groups (broad SMARTS) is 1. The van der Waals surface area contributed by atoms with Crippen LogP contribution in [0.2, 0.25) is 0 Å². The Morgan fingerprint density at radius 1 is 0.946 bits per heavy atom. The molecule has 2 aromatic rings. The van der Waals surface area contributed by atoms with Gasteiger partial charge >= 0.3 is 5.97 Å². The molecular weight excluding hydrogens is 518 g/mol. The summed E-state index contributed by atoms with van der Waals surface area (Å²) in [5.74, 6) is 10.4. The second-order valence-corrected chi connectivity index (χ2v) is 11.0. The fourth-order valence-corrected chi connectivity index (χ4v) is 4.86. The van der Waals surface area contributed by atoms with Crippen molar-refractivity contribution in [3.63, 3.8) is 0 Å². The van der Waals surface area contributed by atoms with Crippen LogP contribution in [0.5, 0.6) is 0 Å². The molecule has 8 N–H and O–H groups in total. The number of rotatable bonds is 3. The van der Waals surface area contributed by atoms with Gasteiger partial charge in [-0.25, -0.2) is 5.14 Å². The van der Waals surface area contributed by atoms with Crippen LogP contribution in [0.25, 0.3) is 11.1 Å². The zero-order valence-corrected chi connectivity index (χ0v) is 20.7. The van der Waals surface area contributed by atoms with E-state index in [1.54, 1.807) is 36.4 Å². The Morgan fingerprint density at radius 2 is 1.68 bits per heavy atom. The van der Waals surface area contributed by atoms with Crippen molar-refractivity contribution in [1.82, 2.24) is 0 Å². The molecule has 37 heavy (non-hydrogen) atoms. The number of hydrogen-bond donors (Lipinski definition) is 5. The van der Waals surface area contributed by atoms with E-state index in [-0.39, 0.29) is 12.8 Å². The molecule has 2 aromatic carbocycles. The van der Waals surface area contributed by atoms with Gasteiger partial charge in [0, 0.05) is 28.4 Å². The maximum Gasteiger partial charge on any atom is 0.308 e. The van der Waals surface area contributed by atoms with Gasteiger partial charge in [-0.15, -0.1) is 0 Å². The molecule has 0 aliphatic heterocycles. The molecular formula is C25H21N3O7S2. The normalized spacial score (nSPS) is 17.1. The topological polar surface area (TPSA) is 204 Å². The van der Waals surface area contributed by atoms with Crippen LogP contribution >= 0.6 is 0 Å². The van der Waals surface area contributed by atoms with Crippen molar-refractivity contribution in [2.75, 3.05) is 11.5 Å². The Kier molecular flexibility index (Phi) is 7.97. The molecule has 190 valence electrons. The lowest BCUT2D eigenvalue weighted by Gasteiger charge is -2.24. The van der Waals surface area contributed by atoms with Gasteiger partial charge in [-0.2, -0.15) is 16.8 Å². The first kappa shape index (κ1) is 27.3. The van der Waals surface area contributed by atoms with Gasteiger partial charge in [-0.3, -0.25) is 9.35 Å². The van der Waals surface area contributed by atoms with Crippen molar-refractivity contribution in [2.24, 2.45) is 11.1 Å². The number of carbonyl (C=O) groups is 1. The van der Waals surface area contributed by atoms with E-state index in [1.165, 1.54) is 6.08 Å². The Labute approximate surface area is 214 Å². The zero-order valence-electron chi connectivity index (χ0n) is 19.1. The maximum atomic E-state index is 11.6. The van der Waals surface area contributed by atoms with Gasteiger partial charge in [0.2, 0.25) is 0 Å². The molecule has 0 aromatic heterocycles. The van der Waals surface area contributed by atoms with Crippen LogP contribution < -0.4 is 16.6 Å². The molecule has 1 aliphatic carbocycles. The molecule has 0 radical (unpaired) electrons. The highest BCUT2D eigenvalue weighted by atomic mass is 32.2. The Bertz CT molecular complexity index is 1710. The van der Waals surface area contributed by atoms with Gasteiger partial charge < -0.3 is 16.6 Å². The predicted octanol–water partition coefficient (Wildman–Crippen LogP) is 1.15. The molecule has 10 nitrogen and oxygen atoms in total. The zero-order chi connectivity index (χ0) is 27.4. The molecule has 0 unspecified atom stereocenters. The van der Waals surface area contributed by atoms with Gasteiger partial charge in [-0.05, 0) is 65.8 Å². The first-order valence-electron chi connectivity index (χ1n) is 10.5. The molecule has 3 rings (SSSR count). The highest BCUT2D eigenvalue weighted by molar-refractivity contribution is 7.93. The average molecular weight is 540 g/mol. The third-order valence-electron chi connectivity index (χ3n) is 5.32. The lowest BCUT2D eigenvalue weighted by atomic mass is 9.88. The molecule has 1 aliphatic rings. The molecule has 0 saturated carbocycles. The van der Waals surface area contributed by atoms with Crippen molar-refractivity contribution in [3.05, 3.63) is 59.2 Å². The number of primary sulfonamides is 1. The number of hydrogen-bond acceptors (Lipinski definition) is 7. The smallest absolute Gasteiger partial charge is 0.308 e. The third-order valence-corrected chi connectivity index (χ3v) is 6.99. The number of nitrogens with two attached hydrogens (primary N) is 3. The van der Waals surface area contributed by atoms with Gasteiger partial charge in [-0.1, -0.05) is 29.9 Å². The number of nitrogen functional groups attached to an aromatic ring is 2. The molecule has 0 bridgehead atoms. The van der Waals surface area contributed by atoms with Gasteiger partial charge in [0.15, 0.2) is 0 Å². The van der Waals surface area contributed by atoms with Crippen LogP contribution in [-0.4, -0.2) is 37.7 Å². The summed E-state index contributed by atoms with van der Waals surface area (Å²) in [6, 6.07) is 9.93. The lowest BCUT2D eigenvalue weighted by Crippen LogP contribution is -2.36. The van der Waals surface area contributed by atoms with Crippen LogP contribution in [0.15, 0.2) is 48.0 Å². The van der Waals surface area contributed by atoms with Crippen LogP contribution in [0.3, 0.4) is 0 Å². The van der Waals surface area contributed by atoms with E-state index < -0.39 is 37.3 Å². The molecule has 0 amide bonds. The van der Waals surface area contributed by atoms with E-state index in [0.29, 0.717) is 39.2 Å². The van der Waals surface area contributed by atoms with Crippen LogP contribution in [0, 0.1) is 40.8 Å². The van der Waals surface area contributed by atoms with Crippen molar-refractivity contribution >= 4 is 37.5 Å². The number of anilines is 2. The Balaban J connectivity index is 2.00. The average Bonchev–Trinajstić information content (AvgIpc) is 2.78. The Morgan fingerprint density at radius 3 is 2.32 bits per heavy atom. The quantitative estimate of drug-likeness (QED) is 0.215. The maximum absolute atomic E-state index is 11.6. The molecule has 2 atom stereocenters. The van der Waals surface area contributed by atoms with Crippen LogP contribution in [0.4, 0.5) is 11.4 Å². The first-order valence-corrected chi connectivity index (χ1v) is 13.5. The highest BCUT2D eigenvalue weighted by Gasteiger charge is 2.39. The molecule has 0 saturated heterocycles. The number of carboxylic acids is 1. The number of benzene rings is 2. The molecule has 0 heterocycles. The summed E-state index contributed by atoms with van der Waals surface area (Å²) in [7, 11) is -8.52. The minimum Gasteiger partial charge on any atom is -0.481 e. The lowest BCUT2D eigenvalue weighted by molar-refractivity contribution is -0.141. The van der Waals surface area contributed by atoms with Gasteiger partial charge in [0.1, 0.15) is 5.25 Å². The predicted molar refractivity (Wildman–Crippen MR) is 139 cm³/mol. The summed E-state index contributed by atoms with van der Waals surface area (Å²) in [6.07, 6.45) is 1.14. The monoisotopic (exact) mass is 539 g/mol. The minimum absolute atomic E-state index is 0.165. The first-order chi connectivity index (χ1) is 17.2. The highest BCUT2D eigenvalue weighted by Crippen LogP contribution is 2.31. The minimum atomic E-state index is -4.54.